The summed E-state index contributed by atoms with van der Waals surface area (Å²) in [4.78, 5) is 57.8. The maximum absolute atomic E-state index is 14.9. The first kappa shape index (κ1) is 39.4. The molecular weight excluding hydrogens is 696 g/mol. The van der Waals surface area contributed by atoms with Gasteiger partial charge >= 0.3 is 5.97 Å². The number of benzene rings is 2. The molecule has 0 saturated heterocycles. The summed E-state index contributed by atoms with van der Waals surface area (Å²) in [5.41, 5.74) is 13.5. The molecule has 3 amide bonds. The third-order valence-corrected chi connectivity index (χ3v) is 8.04. The van der Waals surface area contributed by atoms with Crippen molar-refractivity contribution in [3.05, 3.63) is 71.7 Å². The first-order chi connectivity index (χ1) is 25.3. The molecule has 282 valence electrons. The molecule has 19 heteroatoms. The van der Waals surface area contributed by atoms with Gasteiger partial charge in [-0.2, -0.15) is 4.39 Å². The molecule has 2 heterocycles. The molecule has 2 aromatic heterocycles. The van der Waals surface area contributed by atoms with E-state index in [-0.39, 0.29) is 49.7 Å². The monoisotopic (exact) mass is 737 g/mol. The van der Waals surface area contributed by atoms with Gasteiger partial charge in [-0.25, -0.2) is 14.4 Å². The molecule has 2 atom stereocenters. The number of methoxy groups -OCH3 is 1. The molecule has 0 spiro atoms. The number of aliphatic carboxylic acids is 1. The highest BCUT2D eigenvalue weighted by Crippen LogP contribution is 2.31. The average Bonchev–Trinajstić information content (AvgIpc) is 3.57. The van der Waals surface area contributed by atoms with Gasteiger partial charge in [0.15, 0.2) is 29.0 Å². The summed E-state index contributed by atoms with van der Waals surface area (Å²) >= 11 is 0. The van der Waals surface area contributed by atoms with E-state index >= 15 is 0 Å². The van der Waals surface area contributed by atoms with Crippen LogP contribution in [0.5, 0.6) is 5.75 Å². The minimum Gasteiger partial charge on any atom is -0.494 e. The number of imidazole rings is 1. The summed E-state index contributed by atoms with van der Waals surface area (Å²) in [6, 6.07) is 5.56. The van der Waals surface area contributed by atoms with Crippen LogP contribution in [0.3, 0.4) is 0 Å². The molecule has 2 aromatic carbocycles. The fourth-order valence-corrected chi connectivity index (χ4v) is 5.25. The number of aryl methyl sites for hydroxylation is 1. The van der Waals surface area contributed by atoms with Gasteiger partial charge in [-0.1, -0.05) is 6.92 Å². The number of aromatic nitrogens is 3. The molecule has 0 aliphatic carbocycles. The zero-order valence-electron chi connectivity index (χ0n) is 29.0. The maximum Gasteiger partial charge on any atom is 0.303 e. The molecule has 0 bridgehead atoms. The van der Waals surface area contributed by atoms with Crippen LogP contribution >= 0.6 is 0 Å². The van der Waals surface area contributed by atoms with Crippen LogP contribution in [0.25, 0.3) is 16.9 Å². The van der Waals surface area contributed by atoms with Gasteiger partial charge in [0, 0.05) is 55.3 Å². The number of carboxylic acid groups (broad SMARTS) is 1. The fourth-order valence-electron chi connectivity index (χ4n) is 5.25. The molecule has 1 unspecified atom stereocenters. The van der Waals surface area contributed by atoms with Crippen LogP contribution in [0, 0.1) is 17.0 Å². The van der Waals surface area contributed by atoms with E-state index in [4.69, 9.17) is 26.7 Å². The van der Waals surface area contributed by atoms with Gasteiger partial charge in [-0.05, 0) is 55.2 Å². The number of amides is 3. The number of carbonyl (C=O) groups excluding carboxylic acids is 3. The third kappa shape index (κ3) is 10.1. The number of nitrogens with one attached hydrogen (secondary N) is 6. The topological polar surface area (TPSA) is 264 Å². The highest BCUT2D eigenvalue weighted by Gasteiger charge is 2.24. The minimum atomic E-state index is -1.16. The van der Waals surface area contributed by atoms with Crippen molar-refractivity contribution in [1.29, 1.82) is 5.41 Å². The summed E-state index contributed by atoms with van der Waals surface area (Å²) < 4.78 is 35.8. The zero-order valence-corrected chi connectivity index (χ0v) is 29.0. The van der Waals surface area contributed by atoms with E-state index in [1.165, 1.54) is 31.6 Å². The number of ether oxygens (including phenoxy) is 1. The molecule has 0 aliphatic heterocycles. The summed E-state index contributed by atoms with van der Waals surface area (Å²) in [7, 11) is 1.25. The number of guanidine groups is 1. The maximum atomic E-state index is 14.9. The summed E-state index contributed by atoms with van der Waals surface area (Å²) in [5.74, 6) is -5.27. The number of halogens is 2. The molecule has 4 rings (SSSR count). The second-order valence-electron chi connectivity index (χ2n) is 11.7. The minimum absolute atomic E-state index is 0.00875. The molecule has 0 aliphatic rings. The van der Waals surface area contributed by atoms with Gasteiger partial charge in [-0.3, -0.25) is 29.0 Å². The van der Waals surface area contributed by atoms with E-state index in [1.807, 2.05) is 6.92 Å². The van der Waals surface area contributed by atoms with Gasteiger partial charge in [-0.15, -0.1) is 0 Å². The van der Waals surface area contributed by atoms with Crippen molar-refractivity contribution in [2.45, 2.75) is 44.7 Å². The first-order valence-electron chi connectivity index (χ1n) is 16.5. The number of rotatable bonds is 18. The Kier molecular flexibility index (Phi) is 13.5. The Bertz CT molecular complexity index is 1990. The van der Waals surface area contributed by atoms with Gasteiger partial charge < -0.3 is 47.9 Å². The largest absolute Gasteiger partial charge is 0.494 e. The van der Waals surface area contributed by atoms with E-state index < -0.39 is 47.5 Å². The second kappa shape index (κ2) is 18.2. The lowest BCUT2D eigenvalue weighted by molar-refractivity contribution is -0.137. The third-order valence-electron chi connectivity index (χ3n) is 8.04. The molecule has 11 N–H and O–H groups in total. The fraction of sp³-hybridized carbons (Fsp3) is 0.324. The van der Waals surface area contributed by atoms with Crippen LogP contribution in [0.15, 0.2) is 48.9 Å². The van der Waals surface area contributed by atoms with Crippen molar-refractivity contribution in [2.24, 2.45) is 11.5 Å². The summed E-state index contributed by atoms with van der Waals surface area (Å²) in [6.07, 6.45) is 4.87. The number of hydrogen-bond acceptors (Lipinski definition) is 10. The van der Waals surface area contributed by atoms with Crippen molar-refractivity contribution in [2.75, 3.05) is 32.1 Å². The van der Waals surface area contributed by atoms with Gasteiger partial charge in [0.05, 0.1) is 25.0 Å². The zero-order chi connectivity index (χ0) is 38.7. The van der Waals surface area contributed by atoms with E-state index in [0.29, 0.717) is 41.3 Å². The quantitative estimate of drug-likeness (QED) is 0.0399. The molecule has 53 heavy (non-hydrogen) atoms. The molecule has 0 radical (unpaired) electrons. The molecule has 0 fully saturated rings. The van der Waals surface area contributed by atoms with Crippen LogP contribution in [-0.4, -0.2) is 88.0 Å². The molecule has 17 nitrogen and oxygen atoms in total. The number of hydrogen-bond donors (Lipinski definition) is 9. The average molecular weight is 738 g/mol. The number of fused-ring (bicyclic) bond motifs is 1. The lowest BCUT2D eigenvalue weighted by Crippen LogP contribution is -2.56. The number of carboxylic acids is 1. The van der Waals surface area contributed by atoms with E-state index in [9.17, 15) is 28.0 Å². The van der Waals surface area contributed by atoms with Crippen molar-refractivity contribution >= 4 is 46.8 Å². The Morgan fingerprint density at radius 3 is 2.49 bits per heavy atom. The lowest BCUT2D eigenvalue weighted by atomic mass is 10.0. The van der Waals surface area contributed by atoms with Crippen LogP contribution in [0.2, 0.25) is 0 Å². The molecular formula is C34H41F2N11O6. The lowest BCUT2D eigenvalue weighted by Gasteiger charge is -2.21. The number of carbonyl (C=O) groups is 4. The highest BCUT2D eigenvalue weighted by molar-refractivity contribution is 5.96. The van der Waals surface area contributed by atoms with Gasteiger partial charge in [0.2, 0.25) is 17.6 Å². The van der Waals surface area contributed by atoms with Crippen molar-refractivity contribution in [1.82, 2.24) is 35.6 Å². The SMILES string of the molecule is CCc1cc(Nc2nccn3c(-c4ccc(OC)c(F)c4F)cnc23)ccc1C(=O)NCCCNC(=O)C(CNC(=N)N)NC(=O)[C@@H](N)CCC(=O)O. The first-order valence-corrected chi connectivity index (χ1v) is 16.5. The smallest absolute Gasteiger partial charge is 0.303 e. The number of nitrogens with zero attached hydrogens (tertiary/aromatic N) is 3. The van der Waals surface area contributed by atoms with Crippen molar-refractivity contribution < 1.29 is 37.8 Å². The summed E-state index contributed by atoms with van der Waals surface area (Å²) in [5, 5.41) is 29.7. The van der Waals surface area contributed by atoms with Crippen LogP contribution in [0.1, 0.15) is 42.1 Å². The second-order valence-corrected chi connectivity index (χ2v) is 11.7. The standard InChI is InChI=1S/C34H41F2N11O6/c1-3-18-15-19(45-29-30-43-17-24(47(30)14-13-40-29)21-7-9-25(53-2)28(36)27(21)35)5-6-20(18)31(50)41-11-4-12-42-33(52)23(16-44-34(38)39)46-32(51)22(37)8-10-26(48)49/h5-7,9,13-15,17,22-23H,3-4,8,10-12,16,37H2,1-2H3,(H,40,45)(H,41,50)(H,42,52)(H,46,51)(H,48,49)(H4,38,39,44)/t22-,23?/m0/s1. The van der Waals surface area contributed by atoms with Gasteiger partial charge in [0.25, 0.3) is 5.91 Å². The van der Waals surface area contributed by atoms with E-state index in [2.05, 4.69) is 36.6 Å². The molecule has 0 saturated carbocycles. The Morgan fingerprint density at radius 2 is 1.79 bits per heavy atom. The molecule has 4 aromatic rings. The van der Waals surface area contributed by atoms with Crippen LogP contribution in [0.4, 0.5) is 20.3 Å². The van der Waals surface area contributed by atoms with Crippen molar-refractivity contribution in [3.8, 4) is 17.0 Å². The van der Waals surface area contributed by atoms with E-state index in [0.717, 1.165) is 5.56 Å². The number of nitrogens with two attached hydrogens (primary N) is 2. The Balaban J connectivity index is 1.34. The highest BCUT2D eigenvalue weighted by atomic mass is 19.2. The van der Waals surface area contributed by atoms with Crippen LogP contribution in [-0.2, 0) is 20.8 Å². The Labute approximate surface area is 302 Å². The summed E-state index contributed by atoms with van der Waals surface area (Å²) in [6.45, 7) is 2.02. The Hall–Kier alpha value is -6.37. The number of anilines is 2. The predicted octanol–water partition coefficient (Wildman–Crippen LogP) is 1.39. The van der Waals surface area contributed by atoms with Gasteiger partial charge in [0.1, 0.15) is 6.04 Å². The Morgan fingerprint density at radius 1 is 1.04 bits per heavy atom. The normalized spacial score (nSPS) is 12.0. The van der Waals surface area contributed by atoms with Crippen molar-refractivity contribution in [3.63, 3.8) is 0 Å². The van der Waals surface area contributed by atoms with E-state index in [1.54, 1.807) is 28.8 Å². The predicted molar refractivity (Wildman–Crippen MR) is 191 cm³/mol. The van der Waals surface area contributed by atoms with Crippen LogP contribution < -0.4 is 42.8 Å².